The highest BCUT2D eigenvalue weighted by Crippen LogP contribution is 2.08. The molecule has 16 heavy (non-hydrogen) atoms. The lowest BCUT2D eigenvalue weighted by atomic mass is 10.2. The van der Waals surface area contributed by atoms with E-state index in [4.69, 9.17) is 4.84 Å². The van der Waals surface area contributed by atoms with Gasteiger partial charge in [-0.25, -0.2) is 0 Å². The van der Waals surface area contributed by atoms with Crippen molar-refractivity contribution in [2.24, 2.45) is 0 Å². The van der Waals surface area contributed by atoms with Crippen LogP contribution in [0.1, 0.15) is 18.9 Å². The van der Waals surface area contributed by atoms with Gasteiger partial charge in [0.25, 0.3) is 0 Å². The maximum atomic E-state index is 5.52. The molecule has 1 aromatic rings. The van der Waals surface area contributed by atoms with Crippen LogP contribution >= 0.6 is 0 Å². The van der Waals surface area contributed by atoms with E-state index in [1.807, 2.05) is 18.2 Å². The number of hydrogen-bond donors (Lipinski definition) is 1. The van der Waals surface area contributed by atoms with Crippen molar-refractivity contribution in [2.75, 3.05) is 19.6 Å². The third kappa shape index (κ3) is 3.30. The van der Waals surface area contributed by atoms with Crippen molar-refractivity contribution >= 4 is 0 Å². The van der Waals surface area contributed by atoms with Crippen LogP contribution in [0.4, 0.5) is 0 Å². The van der Waals surface area contributed by atoms with E-state index in [0.29, 0.717) is 12.6 Å². The van der Waals surface area contributed by atoms with Crippen LogP contribution in [-0.2, 0) is 11.4 Å². The molecule has 1 N–H and O–H groups in total. The van der Waals surface area contributed by atoms with Gasteiger partial charge in [-0.2, -0.15) is 5.48 Å². The molecule has 0 aromatic heterocycles. The number of hydroxylamine groups is 1. The lowest BCUT2D eigenvalue weighted by Crippen LogP contribution is -2.32. The average molecular weight is 220 g/mol. The van der Waals surface area contributed by atoms with Crippen LogP contribution in [0, 0.1) is 0 Å². The molecule has 0 spiro atoms. The summed E-state index contributed by atoms with van der Waals surface area (Å²) in [5.74, 6) is 0. The topological polar surface area (TPSA) is 24.5 Å². The van der Waals surface area contributed by atoms with Crippen molar-refractivity contribution in [1.29, 1.82) is 0 Å². The molecule has 1 saturated heterocycles. The van der Waals surface area contributed by atoms with Crippen LogP contribution in [0.25, 0.3) is 0 Å². The summed E-state index contributed by atoms with van der Waals surface area (Å²) in [7, 11) is 0. The second-order valence-electron chi connectivity index (χ2n) is 4.27. The van der Waals surface area contributed by atoms with Crippen LogP contribution in [0.15, 0.2) is 30.3 Å². The van der Waals surface area contributed by atoms with Gasteiger partial charge in [0.1, 0.15) is 0 Å². The van der Waals surface area contributed by atoms with Crippen LogP contribution in [-0.4, -0.2) is 30.6 Å². The number of rotatable bonds is 5. The molecule has 0 amide bonds. The number of nitrogens with zero attached hydrogens (tertiary/aromatic N) is 1. The highest BCUT2D eigenvalue weighted by atomic mass is 16.6. The minimum atomic E-state index is 0.490. The van der Waals surface area contributed by atoms with Crippen molar-refractivity contribution in [2.45, 2.75) is 26.0 Å². The molecule has 88 valence electrons. The van der Waals surface area contributed by atoms with E-state index in [1.54, 1.807) is 0 Å². The summed E-state index contributed by atoms with van der Waals surface area (Å²) >= 11 is 0. The monoisotopic (exact) mass is 220 g/mol. The van der Waals surface area contributed by atoms with E-state index >= 15 is 0 Å². The minimum absolute atomic E-state index is 0.490. The van der Waals surface area contributed by atoms with Gasteiger partial charge in [-0.1, -0.05) is 37.3 Å². The first-order chi connectivity index (χ1) is 7.88. The van der Waals surface area contributed by atoms with Gasteiger partial charge in [0.15, 0.2) is 0 Å². The van der Waals surface area contributed by atoms with Gasteiger partial charge < -0.3 is 4.90 Å². The fourth-order valence-corrected chi connectivity index (χ4v) is 2.03. The van der Waals surface area contributed by atoms with Gasteiger partial charge in [-0.05, 0) is 25.1 Å². The SMILES string of the molecule is CCN1CCC(NOCc2ccccc2)C1. The second-order valence-corrected chi connectivity index (χ2v) is 4.27. The molecule has 1 aromatic carbocycles. The molecule has 3 nitrogen and oxygen atoms in total. The predicted octanol–water partition coefficient (Wildman–Crippen LogP) is 1.80. The smallest absolute Gasteiger partial charge is 0.0933 e. The molecule has 1 aliphatic rings. The van der Waals surface area contributed by atoms with E-state index in [2.05, 4.69) is 29.4 Å². The third-order valence-electron chi connectivity index (χ3n) is 3.05. The number of likely N-dealkylation sites (N-methyl/N-ethyl adjacent to an activating group) is 1. The molecular formula is C13H20N2O. The van der Waals surface area contributed by atoms with E-state index in [0.717, 1.165) is 13.1 Å². The number of hydrogen-bond acceptors (Lipinski definition) is 3. The predicted molar refractivity (Wildman–Crippen MR) is 64.9 cm³/mol. The molecule has 1 heterocycles. The highest BCUT2D eigenvalue weighted by Gasteiger charge is 2.20. The summed E-state index contributed by atoms with van der Waals surface area (Å²) in [4.78, 5) is 7.95. The first-order valence-electron chi connectivity index (χ1n) is 6.02. The number of benzene rings is 1. The molecule has 3 heteroatoms. The number of nitrogens with one attached hydrogen (secondary N) is 1. The van der Waals surface area contributed by atoms with E-state index in [9.17, 15) is 0 Å². The fraction of sp³-hybridized carbons (Fsp3) is 0.538. The maximum absolute atomic E-state index is 5.52. The minimum Gasteiger partial charge on any atom is -0.302 e. The Morgan fingerprint density at radius 3 is 2.88 bits per heavy atom. The van der Waals surface area contributed by atoms with Gasteiger partial charge in [0, 0.05) is 12.6 Å². The highest BCUT2D eigenvalue weighted by molar-refractivity contribution is 5.13. The van der Waals surface area contributed by atoms with Crippen molar-refractivity contribution in [3.8, 4) is 0 Å². The second kappa shape index (κ2) is 5.99. The van der Waals surface area contributed by atoms with Gasteiger partial charge >= 0.3 is 0 Å². The quantitative estimate of drug-likeness (QED) is 0.766. The lowest BCUT2D eigenvalue weighted by molar-refractivity contribution is 0.00581. The fourth-order valence-electron chi connectivity index (χ4n) is 2.03. The molecule has 1 aliphatic heterocycles. The standard InChI is InChI=1S/C13H20N2O/c1-2-15-9-8-13(10-15)14-16-11-12-6-4-3-5-7-12/h3-7,13-14H,2,8-11H2,1H3. The Morgan fingerprint density at radius 1 is 1.38 bits per heavy atom. The number of likely N-dealkylation sites (tertiary alicyclic amines) is 1. The van der Waals surface area contributed by atoms with Gasteiger partial charge in [-0.3, -0.25) is 4.84 Å². The molecule has 1 unspecified atom stereocenters. The molecule has 0 aliphatic carbocycles. The molecule has 2 rings (SSSR count). The van der Waals surface area contributed by atoms with Crippen LogP contribution in [0.5, 0.6) is 0 Å². The Balaban J connectivity index is 1.65. The van der Waals surface area contributed by atoms with Crippen LogP contribution in [0.3, 0.4) is 0 Å². The van der Waals surface area contributed by atoms with Crippen molar-refractivity contribution in [3.05, 3.63) is 35.9 Å². The first-order valence-corrected chi connectivity index (χ1v) is 6.02. The summed E-state index contributed by atoms with van der Waals surface area (Å²) in [5.41, 5.74) is 4.36. The summed E-state index contributed by atoms with van der Waals surface area (Å²) < 4.78 is 0. The Kier molecular flexibility index (Phi) is 4.34. The van der Waals surface area contributed by atoms with E-state index in [-0.39, 0.29) is 0 Å². The Hall–Kier alpha value is -0.900. The molecule has 1 atom stereocenters. The van der Waals surface area contributed by atoms with Crippen molar-refractivity contribution in [1.82, 2.24) is 10.4 Å². The zero-order valence-corrected chi connectivity index (χ0v) is 9.86. The molecule has 0 bridgehead atoms. The largest absolute Gasteiger partial charge is 0.302 e. The Morgan fingerprint density at radius 2 is 2.19 bits per heavy atom. The zero-order chi connectivity index (χ0) is 11.2. The summed E-state index contributed by atoms with van der Waals surface area (Å²) in [6, 6.07) is 10.7. The average Bonchev–Trinajstić information content (AvgIpc) is 2.78. The summed E-state index contributed by atoms with van der Waals surface area (Å²) in [6.45, 7) is 6.27. The van der Waals surface area contributed by atoms with E-state index in [1.165, 1.54) is 18.5 Å². The molecule has 1 fully saturated rings. The van der Waals surface area contributed by atoms with Crippen LogP contribution in [0.2, 0.25) is 0 Å². The lowest BCUT2D eigenvalue weighted by Gasteiger charge is -2.14. The van der Waals surface area contributed by atoms with Gasteiger partial charge in [0.2, 0.25) is 0 Å². The summed E-state index contributed by atoms with van der Waals surface area (Å²) in [6.07, 6.45) is 1.18. The molecule has 0 saturated carbocycles. The van der Waals surface area contributed by atoms with Crippen molar-refractivity contribution < 1.29 is 4.84 Å². The van der Waals surface area contributed by atoms with Crippen molar-refractivity contribution in [3.63, 3.8) is 0 Å². The first kappa shape index (κ1) is 11.6. The normalized spacial score (nSPS) is 21.4. The molecular weight excluding hydrogens is 200 g/mol. The van der Waals surface area contributed by atoms with Gasteiger partial charge in [0.05, 0.1) is 6.61 Å². The van der Waals surface area contributed by atoms with E-state index < -0.39 is 0 Å². The Labute approximate surface area is 97.4 Å². The van der Waals surface area contributed by atoms with Crippen LogP contribution < -0.4 is 5.48 Å². The maximum Gasteiger partial charge on any atom is 0.0933 e. The Bertz CT molecular complexity index is 302. The zero-order valence-electron chi connectivity index (χ0n) is 9.86. The molecule has 0 radical (unpaired) electrons. The van der Waals surface area contributed by atoms with Gasteiger partial charge in [-0.15, -0.1) is 0 Å². The summed E-state index contributed by atoms with van der Waals surface area (Å²) in [5, 5.41) is 0. The third-order valence-corrected chi connectivity index (χ3v) is 3.05.